The SMILES string of the molecule is CC(C)(C)OC(=O)CCNC(=O)[C@H](CCCCNC(=O)OCC(Cl)(Cl)Cl)NC(=O)C(N)C(N)C(=O)N[C@@H](CCCCNC(=O)OCC(Cl)(Cl)Cl)C(=O)NCCC(=O)OC(C)(C)C. The molecule has 0 aliphatic heterocycles. The number of nitrogens with two attached hydrogens (primary N) is 2. The fraction of sp³-hybridized carbons (Fsp3) is 0.778. The smallest absolute Gasteiger partial charge is 0.407 e. The second-order valence-corrected chi connectivity index (χ2v) is 20.7. The molecule has 0 aromatic heterocycles. The summed E-state index contributed by atoms with van der Waals surface area (Å²) >= 11 is 33.4. The molecule has 0 saturated carbocycles. The maximum absolute atomic E-state index is 13.4. The molecule has 0 aliphatic rings. The molecule has 0 radical (unpaired) electrons. The van der Waals surface area contributed by atoms with Crippen LogP contribution in [0.25, 0.3) is 0 Å². The van der Waals surface area contributed by atoms with E-state index in [9.17, 15) is 38.4 Å². The number of carbonyl (C=O) groups is 8. The van der Waals surface area contributed by atoms with Gasteiger partial charge >= 0.3 is 24.1 Å². The molecule has 0 aromatic rings. The maximum atomic E-state index is 13.4. The lowest BCUT2D eigenvalue weighted by Gasteiger charge is -2.25. The number of amides is 6. The van der Waals surface area contributed by atoms with E-state index < -0.39 is 104 Å². The molecule has 0 saturated heterocycles. The van der Waals surface area contributed by atoms with Crippen molar-refractivity contribution in [2.24, 2.45) is 11.5 Å². The van der Waals surface area contributed by atoms with Crippen molar-refractivity contribution in [3.05, 3.63) is 0 Å². The van der Waals surface area contributed by atoms with Crippen LogP contribution >= 0.6 is 69.6 Å². The molecule has 0 spiro atoms. The van der Waals surface area contributed by atoms with E-state index in [1.807, 2.05) is 0 Å². The minimum absolute atomic E-state index is 0.00801. The van der Waals surface area contributed by atoms with Gasteiger partial charge in [0.15, 0.2) is 0 Å². The highest BCUT2D eigenvalue weighted by Crippen LogP contribution is 2.26. The molecule has 10 N–H and O–H groups in total. The highest BCUT2D eigenvalue weighted by molar-refractivity contribution is 6.68. The average molecular weight is 1010 g/mol. The summed E-state index contributed by atoms with van der Waals surface area (Å²) in [5, 5.41) is 15.0. The lowest BCUT2D eigenvalue weighted by Crippen LogP contribution is -2.62. The molecule has 0 bridgehead atoms. The van der Waals surface area contributed by atoms with Crippen LogP contribution in [0.2, 0.25) is 0 Å². The van der Waals surface area contributed by atoms with E-state index in [0.29, 0.717) is 12.8 Å². The van der Waals surface area contributed by atoms with Crippen LogP contribution in [0.3, 0.4) is 0 Å². The van der Waals surface area contributed by atoms with E-state index in [0.717, 1.165) is 0 Å². The molecule has 0 aliphatic carbocycles. The highest BCUT2D eigenvalue weighted by atomic mass is 35.6. The Morgan fingerprint density at radius 3 is 1.10 bits per heavy atom. The monoisotopic (exact) mass is 1010 g/mol. The molecular weight excluding hydrogens is 949 g/mol. The Balaban J connectivity index is 5.71. The topological polar surface area (TPSA) is 298 Å². The minimum atomic E-state index is -1.81. The zero-order valence-electron chi connectivity index (χ0n) is 35.5. The quantitative estimate of drug-likeness (QED) is 0.0283. The van der Waals surface area contributed by atoms with E-state index in [4.69, 9.17) is 100 Å². The van der Waals surface area contributed by atoms with Crippen LogP contribution in [0, 0.1) is 0 Å². The molecule has 62 heavy (non-hydrogen) atoms. The number of hydrogen-bond donors (Lipinski definition) is 8. The van der Waals surface area contributed by atoms with E-state index >= 15 is 0 Å². The van der Waals surface area contributed by atoms with Crippen molar-refractivity contribution >= 4 is 117 Å². The van der Waals surface area contributed by atoms with Gasteiger partial charge < -0.3 is 62.3 Å². The number of halogens is 6. The number of hydrogen-bond acceptors (Lipinski definition) is 14. The van der Waals surface area contributed by atoms with Gasteiger partial charge in [0.1, 0.15) is 48.6 Å². The van der Waals surface area contributed by atoms with Crippen molar-refractivity contribution in [1.82, 2.24) is 31.9 Å². The summed E-state index contributed by atoms with van der Waals surface area (Å²) in [5.41, 5.74) is 10.7. The zero-order valence-corrected chi connectivity index (χ0v) is 40.1. The number of alkyl halides is 6. The Bertz CT molecular complexity index is 1380. The number of alkyl carbamates (subject to hydrolysis) is 2. The third kappa shape index (κ3) is 31.8. The first kappa shape index (κ1) is 59.0. The Hall–Kier alpha value is -2.98. The Labute approximate surface area is 391 Å². The number of nitrogens with one attached hydrogen (secondary N) is 6. The molecule has 4 atom stereocenters. The number of esters is 2. The molecule has 26 heteroatoms. The first-order chi connectivity index (χ1) is 28.4. The normalized spacial score (nSPS) is 13.8. The Morgan fingerprint density at radius 1 is 0.484 bits per heavy atom. The van der Waals surface area contributed by atoms with Crippen molar-refractivity contribution in [2.45, 2.75) is 136 Å². The number of ether oxygens (including phenoxy) is 4. The lowest BCUT2D eigenvalue weighted by molar-refractivity contribution is -0.155. The molecule has 0 rings (SSSR count). The molecule has 0 aromatic carbocycles. The summed E-state index contributed by atoms with van der Waals surface area (Å²) in [6.45, 7) is 9.01. The molecule has 2 unspecified atom stereocenters. The van der Waals surface area contributed by atoms with Crippen LogP contribution in [-0.4, -0.2) is 130 Å². The predicted molar refractivity (Wildman–Crippen MR) is 234 cm³/mol. The van der Waals surface area contributed by atoms with Crippen molar-refractivity contribution in [3.63, 3.8) is 0 Å². The third-order valence-electron chi connectivity index (χ3n) is 7.47. The number of unbranched alkanes of at least 4 members (excludes halogenated alkanes) is 2. The zero-order chi connectivity index (χ0) is 47.9. The van der Waals surface area contributed by atoms with Crippen LogP contribution in [0.1, 0.15) is 92.9 Å². The summed E-state index contributed by atoms with van der Waals surface area (Å²) in [4.78, 5) is 101. The number of rotatable bonds is 25. The molecule has 20 nitrogen and oxygen atoms in total. The molecule has 0 heterocycles. The van der Waals surface area contributed by atoms with Crippen LogP contribution in [0.5, 0.6) is 0 Å². The fourth-order valence-corrected chi connectivity index (χ4v) is 5.06. The lowest BCUT2D eigenvalue weighted by atomic mass is 10.0. The summed E-state index contributed by atoms with van der Waals surface area (Å²) < 4.78 is 16.5. The Morgan fingerprint density at radius 2 is 0.806 bits per heavy atom. The summed E-state index contributed by atoms with van der Waals surface area (Å²) in [6.07, 6.45) is -0.930. The molecule has 358 valence electrons. The summed E-state index contributed by atoms with van der Waals surface area (Å²) in [5.74, 6) is -4.54. The van der Waals surface area contributed by atoms with Gasteiger partial charge in [0.25, 0.3) is 0 Å². The van der Waals surface area contributed by atoms with Crippen LogP contribution < -0.4 is 43.4 Å². The molecular formula is C36H60Cl6N8O12. The highest BCUT2D eigenvalue weighted by Gasteiger charge is 2.33. The number of carbonyl (C=O) groups excluding carboxylic acids is 8. The van der Waals surface area contributed by atoms with E-state index in [2.05, 4.69) is 31.9 Å². The van der Waals surface area contributed by atoms with Crippen LogP contribution in [0.4, 0.5) is 9.59 Å². The van der Waals surface area contributed by atoms with Gasteiger partial charge in [0.2, 0.25) is 31.2 Å². The molecule has 0 fully saturated rings. The standard InChI is InChI=1S/C36H60Cl6N8O12/c1-33(2,3)61-23(51)13-17-45-27(53)21(11-7-9-15-47-31(57)59-19-35(37,38)39)49-29(55)25(43)26(44)30(56)50-22(28(54)46-18-14-24(52)62-34(4,5)6)12-8-10-16-48-32(58)60-20-36(40,41)42/h21-22,25-26H,7-20,43-44H2,1-6H3,(H,45,53)(H,46,54)(H,47,57)(H,48,58)(H,49,55)(H,50,56)/t21-,22-,25?,26?/m0/s1. The van der Waals surface area contributed by atoms with Gasteiger partial charge in [-0.15, -0.1) is 0 Å². The average Bonchev–Trinajstić information content (AvgIpc) is 3.12. The second-order valence-electron chi connectivity index (χ2n) is 15.7. The van der Waals surface area contributed by atoms with E-state index in [1.165, 1.54) is 0 Å². The largest absolute Gasteiger partial charge is 0.460 e. The predicted octanol–water partition coefficient (Wildman–Crippen LogP) is 2.84. The maximum Gasteiger partial charge on any atom is 0.407 e. The van der Waals surface area contributed by atoms with E-state index in [-0.39, 0.29) is 64.7 Å². The van der Waals surface area contributed by atoms with Crippen molar-refractivity contribution in [2.75, 3.05) is 39.4 Å². The first-order valence-electron chi connectivity index (χ1n) is 19.4. The fourth-order valence-electron chi connectivity index (χ4n) is 4.73. The summed E-state index contributed by atoms with van der Waals surface area (Å²) in [7, 11) is 0. The molecule has 6 amide bonds. The first-order valence-corrected chi connectivity index (χ1v) is 21.7. The van der Waals surface area contributed by atoms with Gasteiger partial charge in [0, 0.05) is 26.2 Å². The third-order valence-corrected chi connectivity index (χ3v) is 8.12. The Kier molecular flexibility index (Phi) is 27.4. The summed E-state index contributed by atoms with van der Waals surface area (Å²) in [6, 6.07) is -5.95. The van der Waals surface area contributed by atoms with Crippen LogP contribution in [-0.2, 0) is 47.7 Å². The minimum Gasteiger partial charge on any atom is -0.460 e. The van der Waals surface area contributed by atoms with Gasteiger partial charge in [0.05, 0.1) is 12.8 Å². The van der Waals surface area contributed by atoms with Crippen molar-refractivity contribution in [1.29, 1.82) is 0 Å². The van der Waals surface area contributed by atoms with Gasteiger partial charge in [-0.2, -0.15) is 0 Å². The van der Waals surface area contributed by atoms with Gasteiger partial charge in [-0.05, 0) is 80.1 Å². The van der Waals surface area contributed by atoms with Gasteiger partial charge in [-0.1, -0.05) is 69.6 Å². The van der Waals surface area contributed by atoms with Gasteiger partial charge in [-0.3, -0.25) is 28.8 Å². The van der Waals surface area contributed by atoms with E-state index in [1.54, 1.807) is 41.5 Å². The van der Waals surface area contributed by atoms with Crippen molar-refractivity contribution in [3.8, 4) is 0 Å². The second kappa shape index (κ2) is 28.7. The van der Waals surface area contributed by atoms with Gasteiger partial charge in [-0.25, -0.2) is 9.59 Å². The van der Waals surface area contributed by atoms with Crippen LogP contribution in [0.15, 0.2) is 0 Å². The van der Waals surface area contributed by atoms with Crippen molar-refractivity contribution < 1.29 is 57.3 Å².